The molecule has 0 aliphatic carbocycles. The van der Waals surface area contributed by atoms with Crippen LogP contribution < -0.4 is 14.8 Å². The molecule has 3 rings (SSSR count). The van der Waals surface area contributed by atoms with Gasteiger partial charge in [-0.1, -0.05) is 12.0 Å². The standard InChI is InChI=1S/C21H17FN2O3S/c1-3-11-27-17-10-5-14(12-18(17)26-4-2)13-19-20(25)24-21(28-19)23-16-8-6-15(22)7-9-16/h1,5-10,12-13H,4,11H2,2H3,(H,23,24,25)/b19-13+. The molecule has 1 heterocycles. The Morgan fingerprint density at radius 1 is 1.21 bits per heavy atom. The second-order valence-electron chi connectivity index (χ2n) is 5.59. The van der Waals surface area contributed by atoms with Gasteiger partial charge in [-0.25, -0.2) is 9.38 Å². The van der Waals surface area contributed by atoms with Gasteiger partial charge in [-0.3, -0.25) is 4.79 Å². The fourth-order valence-corrected chi connectivity index (χ4v) is 3.23. The fraction of sp³-hybridized carbons (Fsp3) is 0.143. The molecule has 0 radical (unpaired) electrons. The molecule has 142 valence electrons. The maximum atomic E-state index is 13.0. The Morgan fingerprint density at radius 2 is 2.00 bits per heavy atom. The van der Waals surface area contributed by atoms with Gasteiger partial charge in [0.15, 0.2) is 16.7 Å². The molecule has 1 amide bonds. The molecule has 5 nitrogen and oxygen atoms in total. The average Bonchev–Trinajstić information content (AvgIpc) is 3.02. The molecular formula is C21H17FN2O3S. The summed E-state index contributed by atoms with van der Waals surface area (Å²) in [5.41, 5.74) is 1.33. The highest BCUT2D eigenvalue weighted by atomic mass is 32.2. The van der Waals surface area contributed by atoms with E-state index in [1.165, 1.54) is 23.9 Å². The minimum Gasteiger partial charge on any atom is -0.490 e. The third-order valence-corrected chi connectivity index (χ3v) is 4.49. The number of nitrogens with zero attached hydrogens (tertiary/aromatic N) is 1. The summed E-state index contributed by atoms with van der Waals surface area (Å²) in [7, 11) is 0. The number of thioether (sulfide) groups is 1. The van der Waals surface area contributed by atoms with Gasteiger partial charge in [0.2, 0.25) is 0 Å². The highest BCUT2D eigenvalue weighted by Gasteiger charge is 2.24. The number of carbonyl (C=O) groups is 1. The molecular weight excluding hydrogens is 379 g/mol. The van der Waals surface area contributed by atoms with Crippen molar-refractivity contribution in [3.63, 3.8) is 0 Å². The Labute approximate surface area is 166 Å². The highest BCUT2D eigenvalue weighted by molar-refractivity contribution is 8.18. The molecule has 28 heavy (non-hydrogen) atoms. The molecule has 2 aromatic carbocycles. The maximum absolute atomic E-state index is 13.0. The summed E-state index contributed by atoms with van der Waals surface area (Å²) in [5.74, 6) is 2.92. The lowest BCUT2D eigenvalue weighted by atomic mass is 10.2. The number of amides is 1. The first-order valence-electron chi connectivity index (χ1n) is 8.47. The zero-order valence-corrected chi connectivity index (χ0v) is 15.9. The summed E-state index contributed by atoms with van der Waals surface area (Å²) in [5, 5.41) is 3.13. The number of amidine groups is 1. The van der Waals surface area contributed by atoms with Crippen LogP contribution in [0.3, 0.4) is 0 Å². The topological polar surface area (TPSA) is 59.9 Å². The molecule has 1 saturated heterocycles. The third-order valence-electron chi connectivity index (χ3n) is 3.58. The van der Waals surface area contributed by atoms with Crippen LogP contribution in [0.4, 0.5) is 10.1 Å². The van der Waals surface area contributed by atoms with Gasteiger partial charge in [-0.15, -0.1) is 6.42 Å². The molecule has 2 aromatic rings. The van der Waals surface area contributed by atoms with Crippen molar-refractivity contribution in [2.45, 2.75) is 6.92 Å². The van der Waals surface area contributed by atoms with E-state index in [0.717, 1.165) is 5.56 Å². The van der Waals surface area contributed by atoms with Crippen LogP contribution in [0.1, 0.15) is 12.5 Å². The van der Waals surface area contributed by atoms with Gasteiger partial charge in [-0.05, 0) is 66.7 Å². The molecule has 0 atom stereocenters. The molecule has 0 aromatic heterocycles. The van der Waals surface area contributed by atoms with E-state index >= 15 is 0 Å². The zero-order chi connectivity index (χ0) is 19.9. The molecule has 0 unspecified atom stereocenters. The molecule has 0 spiro atoms. The minimum absolute atomic E-state index is 0.141. The van der Waals surface area contributed by atoms with E-state index in [9.17, 15) is 9.18 Å². The second kappa shape index (κ2) is 9.11. The summed E-state index contributed by atoms with van der Waals surface area (Å²) >= 11 is 1.21. The van der Waals surface area contributed by atoms with Gasteiger partial charge in [0, 0.05) is 0 Å². The van der Waals surface area contributed by atoms with Crippen LogP contribution in [0.25, 0.3) is 6.08 Å². The van der Waals surface area contributed by atoms with Crippen molar-refractivity contribution < 1.29 is 18.7 Å². The Morgan fingerprint density at radius 3 is 2.71 bits per heavy atom. The number of terminal acetylenes is 1. The van der Waals surface area contributed by atoms with Crippen molar-refractivity contribution in [2.24, 2.45) is 4.99 Å². The van der Waals surface area contributed by atoms with E-state index in [0.29, 0.717) is 33.9 Å². The van der Waals surface area contributed by atoms with E-state index in [1.807, 2.05) is 13.0 Å². The summed E-state index contributed by atoms with van der Waals surface area (Å²) in [6.45, 7) is 2.48. The van der Waals surface area contributed by atoms with Crippen molar-refractivity contribution in [3.8, 4) is 23.8 Å². The summed E-state index contributed by atoms with van der Waals surface area (Å²) in [4.78, 5) is 17.0. The largest absolute Gasteiger partial charge is 0.490 e. The first-order valence-corrected chi connectivity index (χ1v) is 9.29. The number of hydrogen-bond acceptors (Lipinski definition) is 5. The first kappa shape index (κ1) is 19.5. The number of halogens is 1. The predicted octanol–water partition coefficient (Wildman–Crippen LogP) is 4.13. The zero-order valence-electron chi connectivity index (χ0n) is 15.1. The van der Waals surface area contributed by atoms with Crippen LogP contribution in [0.5, 0.6) is 11.5 Å². The lowest BCUT2D eigenvalue weighted by Crippen LogP contribution is -2.19. The highest BCUT2D eigenvalue weighted by Crippen LogP contribution is 2.32. The minimum atomic E-state index is -0.340. The Balaban J connectivity index is 1.81. The van der Waals surface area contributed by atoms with E-state index in [4.69, 9.17) is 15.9 Å². The van der Waals surface area contributed by atoms with E-state index in [2.05, 4.69) is 16.2 Å². The van der Waals surface area contributed by atoms with E-state index in [1.54, 1.807) is 30.3 Å². The average molecular weight is 396 g/mol. The predicted molar refractivity (Wildman–Crippen MR) is 109 cm³/mol. The molecule has 1 aliphatic rings. The van der Waals surface area contributed by atoms with Gasteiger partial charge < -0.3 is 14.8 Å². The van der Waals surface area contributed by atoms with Gasteiger partial charge in [0.1, 0.15) is 12.4 Å². The van der Waals surface area contributed by atoms with Crippen LogP contribution in [-0.2, 0) is 4.79 Å². The SMILES string of the molecule is C#CCOc1ccc(/C=C2/SC(=Nc3ccc(F)cc3)NC2=O)cc1OCC. The number of carbonyl (C=O) groups excluding carboxylic acids is 1. The van der Waals surface area contributed by atoms with E-state index < -0.39 is 0 Å². The van der Waals surface area contributed by atoms with Crippen molar-refractivity contribution in [1.82, 2.24) is 5.32 Å². The Kier molecular flexibility index (Phi) is 6.35. The Hall–Kier alpha value is -3.24. The fourth-order valence-electron chi connectivity index (χ4n) is 2.39. The number of nitrogens with one attached hydrogen (secondary N) is 1. The lowest BCUT2D eigenvalue weighted by molar-refractivity contribution is -0.115. The Bertz CT molecular complexity index is 978. The number of ether oxygens (including phenoxy) is 2. The van der Waals surface area contributed by atoms with Crippen LogP contribution in [0, 0.1) is 18.2 Å². The van der Waals surface area contributed by atoms with Crippen LogP contribution in [0.2, 0.25) is 0 Å². The number of hydrogen-bond donors (Lipinski definition) is 1. The third kappa shape index (κ3) is 4.93. The van der Waals surface area contributed by atoms with Crippen LogP contribution >= 0.6 is 11.8 Å². The van der Waals surface area contributed by atoms with Crippen LogP contribution in [0.15, 0.2) is 52.4 Å². The number of benzene rings is 2. The van der Waals surface area contributed by atoms with Crippen molar-refractivity contribution >= 4 is 34.6 Å². The quantitative estimate of drug-likeness (QED) is 0.589. The molecule has 0 bridgehead atoms. The van der Waals surface area contributed by atoms with Gasteiger partial charge in [0.25, 0.3) is 5.91 Å². The lowest BCUT2D eigenvalue weighted by Gasteiger charge is -2.11. The molecule has 0 saturated carbocycles. The molecule has 1 N–H and O–H groups in total. The molecule has 7 heteroatoms. The summed E-state index contributed by atoms with van der Waals surface area (Å²) < 4.78 is 24.0. The van der Waals surface area contributed by atoms with Gasteiger partial charge >= 0.3 is 0 Å². The smallest absolute Gasteiger partial charge is 0.264 e. The number of aliphatic imine (C=N–C) groups is 1. The van der Waals surface area contributed by atoms with Gasteiger partial charge in [0.05, 0.1) is 17.2 Å². The second-order valence-corrected chi connectivity index (χ2v) is 6.62. The molecule has 1 aliphatic heterocycles. The van der Waals surface area contributed by atoms with Gasteiger partial charge in [-0.2, -0.15) is 0 Å². The van der Waals surface area contributed by atoms with E-state index in [-0.39, 0.29) is 18.3 Å². The van der Waals surface area contributed by atoms with Crippen molar-refractivity contribution in [2.75, 3.05) is 13.2 Å². The summed E-state index contributed by atoms with van der Waals surface area (Å²) in [6, 6.07) is 11.1. The monoisotopic (exact) mass is 396 g/mol. The maximum Gasteiger partial charge on any atom is 0.264 e. The van der Waals surface area contributed by atoms with Crippen molar-refractivity contribution in [1.29, 1.82) is 0 Å². The number of rotatable bonds is 6. The van der Waals surface area contributed by atoms with Crippen molar-refractivity contribution in [3.05, 3.63) is 58.8 Å². The molecule has 1 fully saturated rings. The van der Waals surface area contributed by atoms with Crippen LogP contribution in [-0.4, -0.2) is 24.3 Å². The first-order chi connectivity index (χ1) is 13.6. The normalized spacial score (nSPS) is 16.1. The summed E-state index contributed by atoms with van der Waals surface area (Å²) in [6.07, 6.45) is 6.96.